The molecule has 1 aromatic rings. The summed E-state index contributed by atoms with van der Waals surface area (Å²) in [5, 5.41) is 6.09. The van der Waals surface area contributed by atoms with Gasteiger partial charge in [-0.05, 0) is 37.9 Å². The molecule has 92 valence electrons. The SMILES string of the molecule is O=C(NCC1CCCNC1)c1cncc(F)c1. The fraction of sp³-hybridized carbons (Fsp3) is 0.500. The van der Waals surface area contributed by atoms with Gasteiger partial charge in [-0.2, -0.15) is 0 Å². The quantitative estimate of drug-likeness (QED) is 0.823. The van der Waals surface area contributed by atoms with Crippen LogP contribution in [-0.4, -0.2) is 30.5 Å². The van der Waals surface area contributed by atoms with Crippen molar-refractivity contribution in [2.24, 2.45) is 5.92 Å². The standard InChI is InChI=1S/C12H16FN3O/c13-11-4-10(7-15-8-11)12(17)16-6-9-2-1-3-14-5-9/h4,7-9,14H,1-3,5-6H2,(H,16,17). The van der Waals surface area contributed by atoms with Gasteiger partial charge in [0.15, 0.2) is 0 Å². The maximum Gasteiger partial charge on any atom is 0.252 e. The van der Waals surface area contributed by atoms with E-state index in [1.165, 1.54) is 12.3 Å². The van der Waals surface area contributed by atoms with Crippen LogP contribution in [0.3, 0.4) is 0 Å². The van der Waals surface area contributed by atoms with Gasteiger partial charge in [0.1, 0.15) is 5.82 Å². The second-order valence-corrected chi connectivity index (χ2v) is 4.31. The summed E-state index contributed by atoms with van der Waals surface area (Å²) in [6, 6.07) is 1.20. The average Bonchev–Trinajstić information content (AvgIpc) is 2.37. The van der Waals surface area contributed by atoms with Crippen LogP contribution in [0.25, 0.3) is 0 Å². The Kier molecular flexibility index (Phi) is 4.03. The highest BCUT2D eigenvalue weighted by molar-refractivity contribution is 5.93. The number of aromatic nitrogens is 1. The molecule has 1 atom stereocenters. The molecular formula is C12H16FN3O. The average molecular weight is 237 g/mol. The molecule has 5 heteroatoms. The van der Waals surface area contributed by atoms with Crippen LogP contribution >= 0.6 is 0 Å². The number of carbonyl (C=O) groups is 1. The van der Waals surface area contributed by atoms with E-state index in [1.807, 2.05) is 0 Å². The summed E-state index contributed by atoms with van der Waals surface area (Å²) < 4.78 is 12.9. The molecule has 0 spiro atoms. The number of carbonyl (C=O) groups excluding carboxylic acids is 1. The molecule has 2 N–H and O–H groups in total. The van der Waals surface area contributed by atoms with E-state index >= 15 is 0 Å². The van der Waals surface area contributed by atoms with E-state index in [2.05, 4.69) is 15.6 Å². The third-order valence-corrected chi connectivity index (χ3v) is 2.92. The number of piperidine rings is 1. The summed E-state index contributed by atoms with van der Waals surface area (Å²) in [6.07, 6.45) is 4.72. The lowest BCUT2D eigenvalue weighted by atomic mass is 10.00. The van der Waals surface area contributed by atoms with Crippen molar-refractivity contribution in [1.82, 2.24) is 15.6 Å². The molecule has 4 nitrogen and oxygen atoms in total. The monoisotopic (exact) mass is 237 g/mol. The molecule has 1 aliphatic rings. The van der Waals surface area contributed by atoms with E-state index in [0.29, 0.717) is 12.5 Å². The number of amides is 1. The van der Waals surface area contributed by atoms with Crippen LogP contribution < -0.4 is 10.6 Å². The van der Waals surface area contributed by atoms with Gasteiger partial charge in [-0.15, -0.1) is 0 Å². The summed E-state index contributed by atoms with van der Waals surface area (Å²) in [6.45, 7) is 2.61. The molecular weight excluding hydrogens is 221 g/mol. The topological polar surface area (TPSA) is 54.0 Å². The lowest BCUT2D eigenvalue weighted by molar-refractivity contribution is 0.0944. The Hall–Kier alpha value is -1.49. The van der Waals surface area contributed by atoms with Gasteiger partial charge in [0, 0.05) is 12.7 Å². The number of rotatable bonds is 3. The minimum atomic E-state index is -0.489. The third kappa shape index (κ3) is 3.49. The number of hydrogen-bond donors (Lipinski definition) is 2. The largest absolute Gasteiger partial charge is 0.352 e. The van der Waals surface area contributed by atoms with Crippen molar-refractivity contribution in [3.63, 3.8) is 0 Å². The first-order valence-corrected chi connectivity index (χ1v) is 5.85. The van der Waals surface area contributed by atoms with E-state index in [1.54, 1.807) is 0 Å². The van der Waals surface area contributed by atoms with Crippen molar-refractivity contribution in [2.75, 3.05) is 19.6 Å². The van der Waals surface area contributed by atoms with Crippen LogP contribution in [0.5, 0.6) is 0 Å². The second-order valence-electron chi connectivity index (χ2n) is 4.31. The van der Waals surface area contributed by atoms with E-state index < -0.39 is 5.82 Å². The summed E-state index contributed by atoms with van der Waals surface area (Å²) in [4.78, 5) is 15.4. The summed E-state index contributed by atoms with van der Waals surface area (Å²) in [7, 11) is 0. The number of halogens is 1. The van der Waals surface area contributed by atoms with E-state index in [0.717, 1.165) is 32.1 Å². The van der Waals surface area contributed by atoms with Crippen molar-refractivity contribution in [3.05, 3.63) is 29.8 Å². The number of pyridine rings is 1. The lowest BCUT2D eigenvalue weighted by Gasteiger charge is -2.22. The maximum absolute atomic E-state index is 12.9. The van der Waals surface area contributed by atoms with Crippen LogP contribution in [0.15, 0.2) is 18.5 Å². The van der Waals surface area contributed by atoms with Crippen LogP contribution in [0.4, 0.5) is 4.39 Å². The highest BCUT2D eigenvalue weighted by atomic mass is 19.1. The van der Waals surface area contributed by atoms with Crippen LogP contribution in [0.1, 0.15) is 23.2 Å². The van der Waals surface area contributed by atoms with Gasteiger partial charge in [-0.25, -0.2) is 4.39 Å². The molecule has 1 amide bonds. The molecule has 17 heavy (non-hydrogen) atoms. The van der Waals surface area contributed by atoms with Crippen molar-refractivity contribution in [3.8, 4) is 0 Å². The molecule has 2 heterocycles. The first-order chi connectivity index (χ1) is 8.25. The highest BCUT2D eigenvalue weighted by Crippen LogP contribution is 2.08. The fourth-order valence-corrected chi connectivity index (χ4v) is 1.97. The predicted molar refractivity (Wildman–Crippen MR) is 62.1 cm³/mol. The molecule has 0 radical (unpaired) electrons. The van der Waals surface area contributed by atoms with Crippen molar-refractivity contribution >= 4 is 5.91 Å². The second kappa shape index (κ2) is 5.72. The first kappa shape index (κ1) is 12.0. The molecule has 1 fully saturated rings. The maximum atomic E-state index is 12.9. The van der Waals surface area contributed by atoms with Crippen LogP contribution in [-0.2, 0) is 0 Å². The Bertz CT molecular complexity index is 391. The molecule has 1 aromatic heterocycles. The van der Waals surface area contributed by atoms with Gasteiger partial charge in [0.2, 0.25) is 0 Å². The Morgan fingerprint density at radius 2 is 2.47 bits per heavy atom. The third-order valence-electron chi connectivity index (χ3n) is 2.92. The van der Waals surface area contributed by atoms with Gasteiger partial charge in [-0.3, -0.25) is 9.78 Å². The van der Waals surface area contributed by atoms with Gasteiger partial charge in [-0.1, -0.05) is 0 Å². The molecule has 1 aliphatic heterocycles. The molecule has 0 aromatic carbocycles. The Labute approximate surface area is 99.6 Å². The highest BCUT2D eigenvalue weighted by Gasteiger charge is 2.14. The molecule has 0 bridgehead atoms. The first-order valence-electron chi connectivity index (χ1n) is 5.85. The fourth-order valence-electron chi connectivity index (χ4n) is 1.97. The minimum Gasteiger partial charge on any atom is -0.352 e. The lowest BCUT2D eigenvalue weighted by Crippen LogP contribution is -2.38. The van der Waals surface area contributed by atoms with E-state index in [-0.39, 0.29) is 11.5 Å². The van der Waals surface area contributed by atoms with Gasteiger partial charge in [0.25, 0.3) is 5.91 Å². The van der Waals surface area contributed by atoms with Crippen molar-refractivity contribution in [2.45, 2.75) is 12.8 Å². The van der Waals surface area contributed by atoms with Crippen LogP contribution in [0.2, 0.25) is 0 Å². The molecule has 0 aliphatic carbocycles. The summed E-state index contributed by atoms with van der Waals surface area (Å²) >= 11 is 0. The zero-order valence-corrected chi connectivity index (χ0v) is 9.58. The zero-order chi connectivity index (χ0) is 12.1. The molecule has 2 rings (SSSR count). The van der Waals surface area contributed by atoms with Gasteiger partial charge < -0.3 is 10.6 Å². The van der Waals surface area contributed by atoms with Gasteiger partial charge in [0.05, 0.1) is 11.8 Å². The minimum absolute atomic E-state index is 0.262. The Morgan fingerprint density at radius 3 is 3.18 bits per heavy atom. The summed E-state index contributed by atoms with van der Waals surface area (Å²) in [5.74, 6) is -0.284. The normalized spacial score (nSPS) is 19.9. The van der Waals surface area contributed by atoms with Gasteiger partial charge >= 0.3 is 0 Å². The Morgan fingerprint density at radius 1 is 1.59 bits per heavy atom. The predicted octanol–water partition coefficient (Wildman–Crippen LogP) is 0.950. The van der Waals surface area contributed by atoms with E-state index in [9.17, 15) is 9.18 Å². The van der Waals surface area contributed by atoms with E-state index in [4.69, 9.17) is 0 Å². The smallest absolute Gasteiger partial charge is 0.252 e. The molecule has 0 saturated carbocycles. The van der Waals surface area contributed by atoms with Crippen molar-refractivity contribution in [1.29, 1.82) is 0 Å². The number of nitrogens with one attached hydrogen (secondary N) is 2. The molecule has 1 saturated heterocycles. The van der Waals surface area contributed by atoms with Crippen LogP contribution in [0, 0.1) is 11.7 Å². The zero-order valence-electron chi connectivity index (χ0n) is 9.58. The molecule has 1 unspecified atom stereocenters. The number of nitrogens with zero attached hydrogens (tertiary/aromatic N) is 1. The Balaban J connectivity index is 1.84. The van der Waals surface area contributed by atoms with Crippen molar-refractivity contribution < 1.29 is 9.18 Å². The number of hydrogen-bond acceptors (Lipinski definition) is 3. The summed E-state index contributed by atoms with van der Waals surface area (Å²) in [5.41, 5.74) is 0.272.